The van der Waals surface area contributed by atoms with Crippen molar-refractivity contribution in [3.63, 3.8) is 0 Å². The third-order valence-electron chi connectivity index (χ3n) is 2.80. The Balaban J connectivity index is 1.94. The zero-order chi connectivity index (χ0) is 13.0. The number of hydrogen-bond donors (Lipinski definition) is 2. The summed E-state index contributed by atoms with van der Waals surface area (Å²) in [7, 11) is 0. The van der Waals surface area contributed by atoms with Gasteiger partial charge in [-0.1, -0.05) is 23.8 Å². The topological polar surface area (TPSA) is 45.1 Å². The highest BCUT2D eigenvalue weighted by Gasteiger charge is 2.01. The van der Waals surface area contributed by atoms with Gasteiger partial charge in [-0.3, -0.25) is 4.98 Å². The molecule has 2 N–H and O–H groups in total. The van der Waals surface area contributed by atoms with E-state index in [9.17, 15) is 5.11 Å². The van der Waals surface area contributed by atoms with E-state index >= 15 is 0 Å². The molecule has 0 bridgehead atoms. The molecule has 0 radical (unpaired) electrons. The normalized spacial score (nSPS) is 10.6. The average molecular weight is 242 g/mol. The molecule has 0 unspecified atom stereocenters. The van der Waals surface area contributed by atoms with E-state index < -0.39 is 0 Å². The molecule has 0 fully saturated rings. The van der Waals surface area contributed by atoms with Gasteiger partial charge < -0.3 is 10.4 Å². The van der Waals surface area contributed by atoms with Crippen molar-refractivity contribution in [2.24, 2.45) is 0 Å². The lowest BCUT2D eigenvalue weighted by atomic mass is 10.1. The van der Waals surface area contributed by atoms with Crippen molar-refractivity contribution in [3.05, 3.63) is 58.9 Å². The highest BCUT2D eigenvalue weighted by molar-refractivity contribution is 5.35. The largest absolute Gasteiger partial charge is 0.508 e. The Kier molecular flexibility index (Phi) is 3.95. The Morgan fingerprint density at radius 3 is 2.72 bits per heavy atom. The van der Waals surface area contributed by atoms with E-state index in [0.717, 1.165) is 22.5 Å². The molecule has 0 atom stereocenters. The van der Waals surface area contributed by atoms with Crippen LogP contribution in [0.3, 0.4) is 0 Å². The monoisotopic (exact) mass is 242 g/mol. The van der Waals surface area contributed by atoms with Crippen LogP contribution in [0, 0.1) is 13.8 Å². The Labute approximate surface area is 108 Å². The Morgan fingerprint density at radius 1 is 1.11 bits per heavy atom. The summed E-state index contributed by atoms with van der Waals surface area (Å²) in [6.07, 6.45) is 0. The summed E-state index contributed by atoms with van der Waals surface area (Å²) in [6.45, 7) is 5.35. The minimum Gasteiger partial charge on any atom is -0.508 e. The maximum Gasteiger partial charge on any atom is 0.120 e. The molecule has 0 aliphatic rings. The van der Waals surface area contributed by atoms with E-state index in [1.165, 1.54) is 0 Å². The molecule has 3 heteroatoms. The van der Waals surface area contributed by atoms with Gasteiger partial charge in [0.15, 0.2) is 0 Å². The molecule has 0 amide bonds. The lowest BCUT2D eigenvalue weighted by Crippen LogP contribution is -2.14. The minimum absolute atomic E-state index is 0.338. The lowest BCUT2D eigenvalue weighted by molar-refractivity contribution is 0.464. The number of pyridine rings is 1. The zero-order valence-corrected chi connectivity index (χ0v) is 10.8. The Morgan fingerprint density at radius 2 is 1.94 bits per heavy atom. The standard InChI is InChI=1S/C15H18N2O/c1-11-6-7-15(18)13(8-11)9-16-10-14-5-3-4-12(2)17-14/h3-8,16,18H,9-10H2,1-2H3. The molecular formula is C15H18N2O. The van der Waals surface area contributed by atoms with Gasteiger partial charge in [-0.2, -0.15) is 0 Å². The van der Waals surface area contributed by atoms with Gasteiger partial charge in [-0.05, 0) is 32.0 Å². The number of nitrogens with one attached hydrogen (secondary N) is 1. The van der Waals surface area contributed by atoms with Gasteiger partial charge in [-0.15, -0.1) is 0 Å². The van der Waals surface area contributed by atoms with E-state index in [0.29, 0.717) is 18.8 Å². The second kappa shape index (κ2) is 5.65. The number of phenols is 1. The molecule has 1 heterocycles. The van der Waals surface area contributed by atoms with Gasteiger partial charge in [0.1, 0.15) is 5.75 Å². The number of rotatable bonds is 4. The number of phenolic OH excluding ortho intramolecular Hbond substituents is 1. The third-order valence-corrected chi connectivity index (χ3v) is 2.80. The van der Waals surface area contributed by atoms with Crippen LogP contribution in [0.1, 0.15) is 22.5 Å². The molecule has 1 aromatic heterocycles. The molecule has 2 aromatic rings. The predicted octanol–water partition coefficient (Wildman–Crippen LogP) is 2.69. The fraction of sp³-hybridized carbons (Fsp3) is 0.267. The van der Waals surface area contributed by atoms with E-state index in [4.69, 9.17) is 0 Å². The van der Waals surface area contributed by atoms with Gasteiger partial charge in [0, 0.05) is 24.3 Å². The predicted molar refractivity (Wildman–Crippen MR) is 72.4 cm³/mol. The fourth-order valence-corrected chi connectivity index (χ4v) is 1.88. The second-order valence-corrected chi connectivity index (χ2v) is 4.51. The van der Waals surface area contributed by atoms with E-state index in [1.807, 2.05) is 44.2 Å². The van der Waals surface area contributed by atoms with Gasteiger partial charge >= 0.3 is 0 Å². The molecule has 0 aliphatic carbocycles. The van der Waals surface area contributed by atoms with Crippen LogP contribution in [0.5, 0.6) is 5.75 Å². The van der Waals surface area contributed by atoms with Crippen molar-refractivity contribution in [1.82, 2.24) is 10.3 Å². The minimum atomic E-state index is 0.338. The van der Waals surface area contributed by atoms with Crippen LogP contribution in [-0.2, 0) is 13.1 Å². The average Bonchev–Trinajstić information content (AvgIpc) is 2.34. The molecule has 18 heavy (non-hydrogen) atoms. The Hall–Kier alpha value is -1.87. The van der Waals surface area contributed by atoms with Crippen LogP contribution < -0.4 is 5.32 Å². The first-order chi connectivity index (χ1) is 8.65. The molecule has 0 aliphatic heterocycles. The van der Waals surface area contributed by atoms with Crippen LogP contribution in [-0.4, -0.2) is 10.1 Å². The number of nitrogens with zero attached hydrogens (tertiary/aromatic N) is 1. The van der Waals surface area contributed by atoms with Crippen LogP contribution in [0.4, 0.5) is 0 Å². The van der Waals surface area contributed by atoms with Crippen molar-refractivity contribution in [2.45, 2.75) is 26.9 Å². The number of hydrogen-bond acceptors (Lipinski definition) is 3. The number of benzene rings is 1. The quantitative estimate of drug-likeness (QED) is 0.866. The van der Waals surface area contributed by atoms with Gasteiger partial charge in [0.25, 0.3) is 0 Å². The number of aromatic hydroxyl groups is 1. The first kappa shape index (κ1) is 12.6. The summed E-state index contributed by atoms with van der Waals surface area (Å²) in [6, 6.07) is 11.6. The smallest absolute Gasteiger partial charge is 0.120 e. The van der Waals surface area contributed by atoms with E-state index in [-0.39, 0.29) is 0 Å². The van der Waals surface area contributed by atoms with Crippen LogP contribution in [0.15, 0.2) is 36.4 Å². The number of aromatic nitrogens is 1. The van der Waals surface area contributed by atoms with Gasteiger partial charge in [0.2, 0.25) is 0 Å². The first-order valence-corrected chi connectivity index (χ1v) is 6.07. The molecule has 3 nitrogen and oxygen atoms in total. The molecule has 2 rings (SSSR count). The summed E-state index contributed by atoms with van der Waals surface area (Å²) in [5, 5.41) is 13.0. The number of aryl methyl sites for hydroxylation is 2. The molecular weight excluding hydrogens is 224 g/mol. The summed E-state index contributed by atoms with van der Waals surface area (Å²) in [5.74, 6) is 0.338. The summed E-state index contributed by atoms with van der Waals surface area (Å²) in [5.41, 5.74) is 4.11. The highest BCUT2D eigenvalue weighted by atomic mass is 16.3. The maximum atomic E-state index is 9.72. The van der Waals surface area contributed by atoms with Crippen molar-refractivity contribution >= 4 is 0 Å². The fourth-order valence-electron chi connectivity index (χ4n) is 1.88. The molecule has 1 aromatic carbocycles. The molecule has 94 valence electrons. The summed E-state index contributed by atoms with van der Waals surface area (Å²) in [4.78, 5) is 4.42. The molecule has 0 saturated carbocycles. The van der Waals surface area contributed by atoms with Gasteiger partial charge in [-0.25, -0.2) is 0 Å². The molecule has 0 saturated heterocycles. The second-order valence-electron chi connectivity index (χ2n) is 4.51. The Bertz CT molecular complexity index is 538. The third kappa shape index (κ3) is 3.31. The zero-order valence-electron chi connectivity index (χ0n) is 10.8. The van der Waals surface area contributed by atoms with E-state index in [2.05, 4.69) is 10.3 Å². The van der Waals surface area contributed by atoms with Crippen LogP contribution in [0.25, 0.3) is 0 Å². The summed E-state index contributed by atoms with van der Waals surface area (Å²) < 4.78 is 0. The first-order valence-electron chi connectivity index (χ1n) is 6.07. The summed E-state index contributed by atoms with van der Waals surface area (Å²) >= 11 is 0. The van der Waals surface area contributed by atoms with Crippen molar-refractivity contribution in [1.29, 1.82) is 0 Å². The van der Waals surface area contributed by atoms with Crippen molar-refractivity contribution in [3.8, 4) is 5.75 Å². The van der Waals surface area contributed by atoms with Crippen LogP contribution in [0.2, 0.25) is 0 Å². The van der Waals surface area contributed by atoms with Crippen molar-refractivity contribution < 1.29 is 5.11 Å². The molecule has 0 spiro atoms. The van der Waals surface area contributed by atoms with Crippen molar-refractivity contribution in [2.75, 3.05) is 0 Å². The maximum absolute atomic E-state index is 9.72. The highest BCUT2D eigenvalue weighted by Crippen LogP contribution is 2.17. The van der Waals surface area contributed by atoms with Gasteiger partial charge in [0.05, 0.1) is 5.69 Å². The SMILES string of the molecule is Cc1ccc(O)c(CNCc2cccc(C)n2)c1. The van der Waals surface area contributed by atoms with E-state index in [1.54, 1.807) is 6.07 Å². The van der Waals surface area contributed by atoms with Crippen LogP contribution >= 0.6 is 0 Å². The lowest BCUT2D eigenvalue weighted by Gasteiger charge is -2.08.